The third-order valence-corrected chi connectivity index (χ3v) is 4.39. The van der Waals surface area contributed by atoms with Gasteiger partial charge in [-0.2, -0.15) is 0 Å². The molecule has 0 saturated heterocycles. The first-order chi connectivity index (χ1) is 14.4. The summed E-state index contributed by atoms with van der Waals surface area (Å²) in [5, 5.41) is 2.81. The highest BCUT2D eigenvalue weighted by Gasteiger charge is 2.31. The number of para-hydroxylation sites is 2. The van der Waals surface area contributed by atoms with Gasteiger partial charge in [0.25, 0.3) is 0 Å². The fraction of sp³-hybridized carbons (Fsp3) is 0.0909. The number of carbonyl (C=O) groups excluding carboxylic acids is 1. The van der Waals surface area contributed by atoms with Crippen LogP contribution in [0.15, 0.2) is 79.1 Å². The van der Waals surface area contributed by atoms with Gasteiger partial charge in [0.15, 0.2) is 0 Å². The van der Waals surface area contributed by atoms with E-state index in [2.05, 4.69) is 15.0 Å². The Bertz CT molecular complexity index is 1200. The van der Waals surface area contributed by atoms with Crippen LogP contribution >= 0.6 is 0 Å². The third kappa shape index (κ3) is 4.60. The van der Waals surface area contributed by atoms with Crippen molar-refractivity contribution in [3.63, 3.8) is 0 Å². The minimum Gasteiger partial charge on any atom is -0.406 e. The van der Waals surface area contributed by atoms with Gasteiger partial charge in [-0.3, -0.25) is 4.79 Å². The Hall–Kier alpha value is -3.81. The summed E-state index contributed by atoms with van der Waals surface area (Å²) in [5.74, 6) is -0.550. The van der Waals surface area contributed by atoms with Gasteiger partial charge in [0.2, 0.25) is 5.91 Å². The van der Waals surface area contributed by atoms with Crippen LogP contribution in [0.3, 0.4) is 0 Å². The molecule has 0 aliphatic rings. The summed E-state index contributed by atoms with van der Waals surface area (Å²) in [6.45, 7) is 0.0830. The number of amides is 1. The Balaban J connectivity index is 1.50. The molecule has 1 heterocycles. The van der Waals surface area contributed by atoms with Crippen LogP contribution in [0, 0.1) is 0 Å². The van der Waals surface area contributed by atoms with Crippen LogP contribution in [-0.4, -0.2) is 21.8 Å². The van der Waals surface area contributed by atoms with E-state index < -0.39 is 6.36 Å². The van der Waals surface area contributed by atoms with E-state index in [1.807, 2.05) is 24.3 Å². The number of nitrogens with one attached hydrogen (secondary N) is 1. The predicted molar refractivity (Wildman–Crippen MR) is 107 cm³/mol. The first-order valence-corrected chi connectivity index (χ1v) is 9.03. The van der Waals surface area contributed by atoms with Gasteiger partial charge in [0.05, 0.1) is 17.4 Å². The number of benzene rings is 3. The van der Waals surface area contributed by atoms with E-state index in [9.17, 15) is 18.0 Å². The molecule has 1 aromatic heterocycles. The fourth-order valence-electron chi connectivity index (χ4n) is 3.14. The lowest BCUT2D eigenvalue weighted by Crippen LogP contribution is -2.18. The van der Waals surface area contributed by atoms with Crippen LogP contribution in [-0.2, 0) is 11.3 Å². The van der Waals surface area contributed by atoms with Crippen molar-refractivity contribution in [3.8, 4) is 16.9 Å². The molecule has 1 amide bonds. The molecule has 8 heteroatoms. The maximum Gasteiger partial charge on any atom is 0.573 e. The maximum absolute atomic E-state index is 12.5. The average Bonchev–Trinajstić information content (AvgIpc) is 3.10. The zero-order chi connectivity index (χ0) is 21.1. The highest BCUT2D eigenvalue weighted by molar-refractivity contribution is 5.92. The van der Waals surface area contributed by atoms with E-state index in [1.165, 1.54) is 18.2 Å². The molecule has 0 radical (unpaired) electrons. The minimum atomic E-state index is -4.76. The maximum atomic E-state index is 12.5. The zero-order valence-electron chi connectivity index (χ0n) is 15.6. The number of alkyl halides is 3. The molecular formula is C22H16F3N3O2. The van der Waals surface area contributed by atoms with E-state index in [0.29, 0.717) is 16.8 Å². The predicted octanol–water partition coefficient (Wildman–Crippen LogP) is 5.24. The Kier molecular flexibility index (Phi) is 5.14. The normalized spacial score (nSPS) is 11.4. The highest BCUT2D eigenvalue weighted by atomic mass is 19.4. The SMILES string of the molecule is O=C(Cn1cnc2ccccc21)Nc1cccc(-c2cccc(OC(F)(F)F)c2)c1. The highest BCUT2D eigenvalue weighted by Crippen LogP contribution is 2.29. The van der Waals surface area contributed by atoms with Gasteiger partial charge in [0.1, 0.15) is 12.3 Å². The molecule has 0 spiro atoms. The summed E-state index contributed by atoms with van der Waals surface area (Å²) in [7, 11) is 0. The number of anilines is 1. The van der Waals surface area contributed by atoms with Crippen molar-refractivity contribution >= 4 is 22.6 Å². The summed E-state index contributed by atoms with van der Waals surface area (Å²) < 4.78 is 43.1. The number of nitrogens with zero attached hydrogens (tertiary/aromatic N) is 2. The molecule has 1 N–H and O–H groups in total. The number of carbonyl (C=O) groups is 1. The summed E-state index contributed by atoms with van der Waals surface area (Å²) in [6, 6.07) is 20.0. The largest absolute Gasteiger partial charge is 0.573 e. The van der Waals surface area contributed by atoms with Crippen LogP contribution in [0.25, 0.3) is 22.2 Å². The Morgan fingerprint density at radius 1 is 0.967 bits per heavy atom. The van der Waals surface area contributed by atoms with Crippen LogP contribution in [0.2, 0.25) is 0 Å². The second kappa shape index (κ2) is 7.90. The molecule has 0 unspecified atom stereocenters. The Morgan fingerprint density at radius 2 is 1.70 bits per heavy atom. The lowest BCUT2D eigenvalue weighted by Gasteiger charge is -2.11. The van der Waals surface area contributed by atoms with Crippen LogP contribution in [0.1, 0.15) is 0 Å². The van der Waals surface area contributed by atoms with Gasteiger partial charge in [-0.1, -0.05) is 36.4 Å². The summed E-state index contributed by atoms with van der Waals surface area (Å²) in [4.78, 5) is 16.7. The lowest BCUT2D eigenvalue weighted by molar-refractivity contribution is -0.274. The Labute approximate surface area is 169 Å². The minimum absolute atomic E-state index is 0.0830. The number of ether oxygens (including phenoxy) is 1. The number of hydrogen-bond donors (Lipinski definition) is 1. The first kappa shape index (κ1) is 19.5. The van der Waals surface area contributed by atoms with Crippen molar-refractivity contribution in [2.24, 2.45) is 0 Å². The molecule has 0 fully saturated rings. The van der Waals surface area contributed by atoms with E-state index in [1.54, 1.807) is 41.2 Å². The van der Waals surface area contributed by atoms with Crippen molar-refractivity contribution in [2.45, 2.75) is 12.9 Å². The van der Waals surface area contributed by atoms with Crippen molar-refractivity contribution in [2.75, 3.05) is 5.32 Å². The third-order valence-electron chi connectivity index (χ3n) is 4.39. The molecule has 0 saturated carbocycles. The van der Waals surface area contributed by atoms with Gasteiger partial charge < -0.3 is 14.6 Å². The summed E-state index contributed by atoms with van der Waals surface area (Å²) in [6.07, 6.45) is -3.15. The van der Waals surface area contributed by atoms with E-state index in [0.717, 1.165) is 11.0 Å². The molecule has 0 aliphatic heterocycles. The Morgan fingerprint density at radius 3 is 2.50 bits per heavy atom. The molecular weight excluding hydrogens is 395 g/mol. The molecule has 0 aliphatic carbocycles. The zero-order valence-corrected chi connectivity index (χ0v) is 15.6. The first-order valence-electron chi connectivity index (χ1n) is 9.03. The number of imidazole rings is 1. The van der Waals surface area contributed by atoms with Crippen LogP contribution < -0.4 is 10.1 Å². The number of aromatic nitrogens is 2. The molecule has 5 nitrogen and oxygen atoms in total. The molecule has 4 rings (SSSR count). The molecule has 4 aromatic rings. The number of halogens is 3. The average molecular weight is 411 g/mol. The van der Waals surface area contributed by atoms with Crippen molar-refractivity contribution in [3.05, 3.63) is 79.1 Å². The topological polar surface area (TPSA) is 56.2 Å². The standard InChI is InChI=1S/C22H16F3N3O2/c23-22(24,25)30-18-8-4-6-16(12-18)15-5-3-7-17(11-15)27-21(29)13-28-14-26-19-9-1-2-10-20(19)28/h1-12,14H,13H2,(H,27,29). The van der Waals surface area contributed by atoms with Gasteiger partial charge in [-0.25, -0.2) is 4.98 Å². The van der Waals surface area contributed by atoms with Crippen LogP contribution in [0.5, 0.6) is 5.75 Å². The van der Waals surface area contributed by atoms with Crippen molar-refractivity contribution < 1.29 is 22.7 Å². The van der Waals surface area contributed by atoms with E-state index >= 15 is 0 Å². The monoisotopic (exact) mass is 411 g/mol. The van der Waals surface area contributed by atoms with Gasteiger partial charge >= 0.3 is 6.36 Å². The van der Waals surface area contributed by atoms with Gasteiger partial charge in [-0.05, 0) is 47.5 Å². The van der Waals surface area contributed by atoms with Gasteiger partial charge in [0, 0.05) is 5.69 Å². The van der Waals surface area contributed by atoms with Crippen LogP contribution in [0.4, 0.5) is 18.9 Å². The second-order valence-electron chi connectivity index (χ2n) is 6.57. The summed E-state index contributed by atoms with van der Waals surface area (Å²) in [5.41, 5.74) is 3.36. The van der Waals surface area contributed by atoms with Crippen molar-refractivity contribution in [1.82, 2.24) is 9.55 Å². The number of rotatable bonds is 5. The lowest BCUT2D eigenvalue weighted by atomic mass is 10.0. The molecule has 3 aromatic carbocycles. The molecule has 152 valence electrons. The number of fused-ring (bicyclic) bond motifs is 1. The fourth-order valence-corrected chi connectivity index (χ4v) is 3.14. The van der Waals surface area contributed by atoms with E-state index in [-0.39, 0.29) is 18.2 Å². The van der Waals surface area contributed by atoms with Crippen molar-refractivity contribution in [1.29, 1.82) is 0 Å². The quantitative estimate of drug-likeness (QED) is 0.489. The number of hydrogen-bond acceptors (Lipinski definition) is 3. The summed E-state index contributed by atoms with van der Waals surface area (Å²) >= 11 is 0. The molecule has 0 atom stereocenters. The second-order valence-corrected chi connectivity index (χ2v) is 6.57. The smallest absolute Gasteiger partial charge is 0.406 e. The molecule has 30 heavy (non-hydrogen) atoms. The van der Waals surface area contributed by atoms with E-state index in [4.69, 9.17) is 0 Å². The molecule has 0 bridgehead atoms. The van der Waals surface area contributed by atoms with Gasteiger partial charge in [-0.15, -0.1) is 13.2 Å².